The molecule has 20 heavy (non-hydrogen) atoms. The molecule has 0 aliphatic rings. The summed E-state index contributed by atoms with van der Waals surface area (Å²) in [5.74, 6) is -0.281. The number of carboxylic acids is 1. The zero-order chi connectivity index (χ0) is 14.5. The van der Waals surface area contributed by atoms with E-state index in [1.807, 2.05) is 42.1 Å². The van der Waals surface area contributed by atoms with Gasteiger partial charge in [-0.15, -0.1) is 0 Å². The molecule has 1 heterocycles. The standard InChI is InChI=1S/C15H19N3O2/c1-11(15(19)20)13-5-3-12(4-6-13)9-16-10-14-17-7-8-18(14)2/h3-8,11,16H,9-10H2,1-2H3,(H,19,20). The Kier molecular flexibility index (Phi) is 4.53. The van der Waals surface area contributed by atoms with Crippen LogP contribution in [0.15, 0.2) is 36.7 Å². The van der Waals surface area contributed by atoms with Crippen LogP contribution in [-0.4, -0.2) is 20.6 Å². The first-order chi connectivity index (χ1) is 9.58. The SMILES string of the molecule is CC(C(=O)O)c1ccc(CNCc2nccn2C)cc1. The van der Waals surface area contributed by atoms with Crippen molar-refractivity contribution >= 4 is 5.97 Å². The van der Waals surface area contributed by atoms with Crippen molar-refractivity contribution in [2.24, 2.45) is 7.05 Å². The number of nitrogens with zero attached hydrogens (tertiary/aromatic N) is 2. The maximum Gasteiger partial charge on any atom is 0.310 e. The second-order valence-corrected chi connectivity index (χ2v) is 4.86. The fourth-order valence-corrected chi connectivity index (χ4v) is 1.95. The van der Waals surface area contributed by atoms with E-state index in [9.17, 15) is 4.79 Å². The van der Waals surface area contributed by atoms with Gasteiger partial charge in [0.25, 0.3) is 0 Å². The summed E-state index contributed by atoms with van der Waals surface area (Å²) in [4.78, 5) is 15.1. The van der Waals surface area contributed by atoms with E-state index in [-0.39, 0.29) is 0 Å². The second kappa shape index (κ2) is 6.34. The van der Waals surface area contributed by atoms with Crippen molar-refractivity contribution in [2.75, 3.05) is 0 Å². The van der Waals surface area contributed by atoms with Gasteiger partial charge in [-0.05, 0) is 18.1 Å². The third-order valence-electron chi connectivity index (χ3n) is 3.38. The molecule has 2 N–H and O–H groups in total. The van der Waals surface area contributed by atoms with Gasteiger partial charge in [0.15, 0.2) is 0 Å². The van der Waals surface area contributed by atoms with Crippen LogP contribution in [-0.2, 0) is 24.9 Å². The Morgan fingerprint density at radius 3 is 2.60 bits per heavy atom. The van der Waals surface area contributed by atoms with Gasteiger partial charge in [0.05, 0.1) is 12.5 Å². The van der Waals surface area contributed by atoms with E-state index in [0.717, 1.165) is 23.5 Å². The van der Waals surface area contributed by atoms with E-state index < -0.39 is 11.9 Å². The van der Waals surface area contributed by atoms with Gasteiger partial charge in [-0.3, -0.25) is 4.79 Å². The average Bonchev–Trinajstić information content (AvgIpc) is 2.84. The van der Waals surface area contributed by atoms with Gasteiger partial charge < -0.3 is 15.0 Å². The monoisotopic (exact) mass is 273 g/mol. The van der Waals surface area contributed by atoms with Crippen molar-refractivity contribution in [3.63, 3.8) is 0 Å². The highest BCUT2D eigenvalue weighted by Crippen LogP contribution is 2.16. The number of aromatic nitrogens is 2. The Bertz CT molecular complexity index is 575. The van der Waals surface area contributed by atoms with Crippen LogP contribution >= 0.6 is 0 Å². The van der Waals surface area contributed by atoms with Crippen molar-refractivity contribution in [1.29, 1.82) is 0 Å². The van der Waals surface area contributed by atoms with Crippen molar-refractivity contribution in [1.82, 2.24) is 14.9 Å². The van der Waals surface area contributed by atoms with Crippen LogP contribution in [0, 0.1) is 0 Å². The predicted molar refractivity (Wildman–Crippen MR) is 76.2 cm³/mol. The minimum absolute atomic E-state index is 0.468. The van der Waals surface area contributed by atoms with Crippen LogP contribution in [0.25, 0.3) is 0 Å². The quantitative estimate of drug-likeness (QED) is 0.843. The lowest BCUT2D eigenvalue weighted by Gasteiger charge is -2.09. The summed E-state index contributed by atoms with van der Waals surface area (Å²) in [6, 6.07) is 7.66. The minimum atomic E-state index is -0.800. The predicted octanol–water partition coefficient (Wildman–Crippen LogP) is 1.90. The molecule has 1 unspecified atom stereocenters. The highest BCUT2D eigenvalue weighted by atomic mass is 16.4. The lowest BCUT2D eigenvalue weighted by Crippen LogP contribution is -2.15. The van der Waals surface area contributed by atoms with Gasteiger partial charge in [-0.1, -0.05) is 24.3 Å². The summed E-state index contributed by atoms with van der Waals surface area (Å²) < 4.78 is 1.98. The summed E-state index contributed by atoms with van der Waals surface area (Å²) in [7, 11) is 1.96. The summed E-state index contributed by atoms with van der Waals surface area (Å²) in [6.45, 7) is 3.13. The highest BCUT2D eigenvalue weighted by Gasteiger charge is 2.12. The Hall–Kier alpha value is -2.14. The Morgan fingerprint density at radius 1 is 1.35 bits per heavy atom. The summed E-state index contributed by atoms with van der Waals surface area (Å²) in [6.07, 6.45) is 3.69. The first kappa shape index (κ1) is 14.3. The molecule has 5 heteroatoms. The van der Waals surface area contributed by atoms with Gasteiger partial charge in [0, 0.05) is 26.0 Å². The van der Waals surface area contributed by atoms with Crippen molar-refractivity contribution in [2.45, 2.75) is 25.9 Å². The summed E-state index contributed by atoms with van der Waals surface area (Å²) in [5.41, 5.74) is 1.95. The molecule has 106 valence electrons. The van der Waals surface area contributed by atoms with E-state index in [1.54, 1.807) is 13.1 Å². The Balaban J connectivity index is 1.88. The number of hydrogen-bond donors (Lipinski definition) is 2. The normalized spacial score (nSPS) is 12.3. The third kappa shape index (κ3) is 3.45. The zero-order valence-electron chi connectivity index (χ0n) is 11.7. The number of carboxylic acid groups (broad SMARTS) is 1. The van der Waals surface area contributed by atoms with E-state index >= 15 is 0 Å². The molecule has 0 aliphatic heterocycles. The molecule has 0 radical (unpaired) electrons. The van der Waals surface area contributed by atoms with Crippen molar-refractivity contribution in [3.8, 4) is 0 Å². The van der Waals surface area contributed by atoms with Crippen LogP contribution in [0.3, 0.4) is 0 Å². The van der Waals surface area contributed by atoms with Gasteiger partial charge in [-0.25, -0.2) is 4.98 Å². The molecular weight excluding hydrogens is 254 g/mol. The maximum absolute atomic E-state index is 10.9. The Labute approximate surface area is 118 Å². The van der Waals surface area contributed by atoms with Crippen LogP contribution in [0.1, 0.15) is 29.8 Å². The van der Waals surface area contributed by atoms with Gasteiger partial charge in [-0.2, -0.15) is 0 Å². The molecule has 0 bridgehead atoms. The fourth-order valence-electron chi connectivity index (χ4n) is 1.95. The number of aliphatic carboxylic acids is 1. The molecule has 2 rings (SSSR count). The maximum atomic E-state index is 10.9. The summed E-state index contributed by atoms with van der Waals surface area (Å²) >= 11 is 0. The molecule has 0 saturated carbocycles. The van der Waals surface area contributed by atoms with Crippen LogP contribution in [0.5, 0.6) is 0 Å². The number of nitrogens with one attached hydrogen (secondary N) is 1. The molecule has 1 aromatic heterocycles. The third-order valence-corrected chi connectivity index (χ3v) is 3.38. The number of benzene rings is 1. The molecule has 2 aromatic rings. The van der Waals surface area contributed by atoms with Crippen LogP contribution in [0.2, 0.25) is 0 Å². The number of rotatable bonds is 6. The number of hydrogen-bond acceptors (Lipinski definition) is 3. The van der Waals surface area contributed by atoms with E-state index in [2.05, 4.69) is 10.3 Å². The highest BCUT2D eigenvalue weighted by molar-refractivity contribution is 5.75. The van der Waals surface area contributed by atoms with Crippen LogP contribution < -0.4 is 5.32 Å². The van der Waals surface area contributed by atoms with Gasteiger partial charge >= 0.3 is 5.97 Å². The van der Waals surface area contributed by atoms with Crippen molar-refractivity contribution in [3.05, 3.63) is 53.6 Å². The minimum Gasteiger partial charge on any atom is -0.481 e. The van der Waals surface area contributed by atoms with E-state index in [0.29, 0.717) is 6.54 Å². The summed E-state index contributed by atoms with van der Waals surface area (Å²) in [5, 5.41) is 12.3. The van der Waals surface area contributed by atoms with Crippen molar-refractivity contribution < 1.29 is 9.90 Å². The average molecular weight is 273 g/mol. The molecule has 1 atom stereocenters. The lowest BCUT2D eigenvalue weighted by molar-refractivity contribution is -0.138. The molecule has 0 fully saturated rings. The topological polar surface area (TPSA) is 67.2 Å². The molecule has 0 aliphatic carbocycles. The van der Waals surface area contributed by atoms with E-state index in [4.69, 9.17) is 5.11 Å². The van der Waals surface area contributed by atoms with Gasteiger partial charge in [0.2, 0.25) is 0 Å². The molecule has 5 nitrogen and oxygen atoms in total. The lowest BCUT2D eigenvalue weighted by atomic mass is 10.0. The molecule has 0 amide bonds. The first-order valence-corrected chi connectivity index (χ1v) is 6.56. The molecule has 0 spiro atoms. The van der Waals surface area contributed by atoms with Crippen LogP contribution in [0.4, 0.5) is 0 Å². The molecule has 0 saturated heterocycles. The molecular formula is C15H19N3O2. The first-order valence-electron chi connectivity index (χ1n) is 6.56. The Morgan fingerprint density at radius 2 is 2.05 bits per heavy atom. The smallest absolute Gasteiger partial charge is 0.310 e. The van der Waals surface area contributed by atoms with Gasteiger partial charge in [0.1, 0.15) is 5.82 Å². The second-order valence-electron chi connectivity index (χ2n) is 4.86. The largest absolute Gasteiger partial charge is 0.481 e. The fraction of sp³-hybridized carbons (Fsp3) is 0.333. The molecule has 1 aromatic carbocycles. The number of imidazole rings is 1. The number of carbonyl (C=O) groups is 1. The zero-order valence-corrected chi connectivity index (χ0v) is 11.7. The number of aryl methyl sites for hydroxylation is 1. The van der Waals surface area contributed by atoms with E-state index in [1.165, 1.54) is 0 Å².